The van der Waals surface area contributed by atoms with Crippen LogP contribution in [0.3, 0.4) is 0 Å². The highest BCUT2D eigenvalue weighted by Crippen LogP contribution is 2.22. The van der Waals surface area contributed by atoms with Crippen molar-refractivity contribution >= 4 is 5.82 Å². The molecule has 0 saturated heterocycles. The predicted molar refractivity (Wildman–Crippen MR) is 78.2 cm³/mol. The van der Waals surface area contributed by atoms with Gasteiger partial charge in [0.2, 0.25) is 5.88 Å². The number of ether oxygens (including phenoxy) is 2. The molecule has 1 heterocycles. The highest BCUT2D eigenvalue weighted by atomic mass is 16.5. The first-order chi connectivity index (χ1) is 9.75. The SMILES string of the molecule is CCc1ccc(Oc2cc(NC)nc(COC)n2)cc1. The first-order valence-corrected chi connectivity index (χ1v) is 6.56. The maximum absolute atomic E-state index is 5.76. The number of benzene rings is 1. The van der Waals surface area contributed by atoms with Gasteiger partial charge >= 0.3 is 0 Å². The molecule has 1 aromatic heterocycles. The van der Waals surface area contributed by atoms with E-state index in [1.54, 1.807) is 20.2 Å². The lowest BCUT2D eigenvalue weighted by atomic mass is 10.2. The van der Waals surface area contributed by atoms with Crippen LogP contribution in [0.15, 0.2) is 30.3 Å². The van der Waals surface area contributed by atoms with Gasteiger partial charge in [-0.25, -0.2) is 4.98 Å². The van der Waals surface area contributed by atoms with Gasteiger partial charge in [0.1, 0.15) is 18.2 Å². The van der Waals surface area contributed by atoms with E-state index in [9.17, 15) is 0 Å². The number of nitrogens with zero attached hydrogens (tertiary/aromatic N) is 2. The fourth-order valence-electron chi connectivity index (χ4n) is 1.76. The van der Waals surface area contributed by atoms with Crippen molar-refractivity contribution < 1.29 is 9.47 Å². The van der Waals surface area contributed by atoms with Crippen LogP contribution in [0.2, 0.25) is 0 Å². The summed E-state index contributed by atoms with van der Waals surface area (Å²) in [4.78, 5) is 8.59. The number of nitrogens with one attached hydrogen (secondary N) is 1. The zero-order chi connectivity index (χ0) is 14.4. The molecule has 20 heavy (non-hydrogen) atoms. The third-order valence-corrected chi connectivity index (χ3v) is 2.83. The Morgan fingerprint density at radius 1 is 1.15 bits per heavy atom. The van der Waals surface area contributed by atoms with Gasteiger partial charge in [-0.05, 0) is 24.1 Å². The second kappa shape index (κ2) is 6.86. The van der Waals surface area contributed by atoms with Gasteiger partial charge in [-0.1, -0.05) is 19.1 Å². The van der Waals surface area contributed by atoms with Gasteiger partial charge in [0.15, 0.2) is 5.82 Å². The summed E-state index contributed by atoms with van der Waals surface area (Å²) in [5.41, 5.74) is 1.27. The molecule has 0 aliphatic rings. The van der Waals surface area contributed by atoms with Gasteiger partial charge in [-0.3, -0.25) is 0 Å². The Morgan fingerprint density at radius 2 is 1.90 bits per heavy atom. The van der Waals surface area contributed by atoms with Crippen LogP contribution in [0, 0.1) is 0 Å². The number of rotatable bonds is 6. The lowest BCUT2D eigenvalue weighted by Gasteiger charge is -2.09. The van der Waals surface area contributed by atoms with Crippen LogP contribution in [0.5, 0.6) is 11.6 Å². The lowest BCUT2D eigenvalue weighted by molar-refractivity contribution is 0.177. The lowest BCUT2D eigenvalue weighted by Crippen LogP contribution is -2.03. The quantitative estimate of drug-likeness (QED) is 0.876. The molecule has 0 amide bonds. The molecular formula is C15H19N3O2. The fraction of sp³-hybridized carbons (Fsp3) is 0.333. The zero-order valence-electron chi connectivity index (χ0n) is 12.0. The van der Waals surface area contributed by atoms with Crippen LogP contribution >= 0.6 is 0 Å². The molecule has 0 bridgehead atoms. The average molecular weight is 273 g/mol. The summed E-state index contributed by atoms with van der Waals surface area (Å²) in [6.07, 6.45) is 1.01. The van der Waals surface area contributed by atoms with E-state index in [0.717, 1.165) is 12.2 Å². The number of hydrogen-bond acceptors (Lipinski definition) is 5. The van der Waals surface area contributed by atoms with Crippen LogP contribution in [-0.2, 0) is 17.8 Å². The van der Waals surface area contributed by atoms with Crippen molar-refractivity contribution in [3.8, 4) is 11.6 Å². The Labute approximate surface area is 119 Å². The summed E-state index contributed by atoms with van der Waals surface area (Å²) in [6.45, 7) is 2.47. The maximum Gasteiger partial charge on any atom is 0.224 e. The fourth-order valence-corrected chi connectivity index (χ4v) is 1.76. The minimum Gasteiger partial charge on any atom is -0.439 e. The molecular weight excluding hydrogens is 254 g/mol. The minimum absolute atomic E-state index is 0.348. The molecule has 5 nitrogen and oxygen atoms in total. The van der Waals surface area contributed by atoms with Crippen molar-refractivity contribution in [2.45, 2.75) is 20.0 Å². The van der Waals surface area contributed by atoms with E-state index < -0.39 is 0 Å². The smallest absolute Gasteiger partial charge is 0.224 e. The molecule has 0 atom stereocenters. The number of aryl methyl sites for hydroxylation is 1. The van der Waals surface area contributed by atoms with Crippen LogP contribution in [0.25, 0.3) is 0 Å². The standard InChI is InChI=1S/C15H19N3O2/c1-4-11-5-7-12(8-6-11)20-15-9-13(16-2)17-14(18-15)10-19-3/h5-9H,4,10H2,1-3H3,(H,16,17,18). The normalized spacial score (nSPS) is 10.3. The van der Waals surface area contributed by atoms with E-state index in [1.807, 2.05) is 24.3 Å². The molecule has 0 aliphatic carbocycles. The van der Waals surface area contributed by atoms with Crippen LogP contribution < -0.4 is 10.1 Å². The Balaban J connectivity index is 2.20. The van der Waals surface area contributed by atoms with Gasteiger partial charge in [-0.2, -0.15) is 4.98 Å². The van der Waals surface area contributed by atoms with Crippen LogP contribution in [0.4, 0.5) is 5.82 Å². The number of aromatic nitrogens is 2. The van der Waals surface area contributed by atoms with Crippen molar-refractivity contribution in [3.05, 3.63) is 41.7 Å². The highest BCUT2D eigenvalue weighted by Gasteiger charge is 2.06. The molecule has 1 aromatic carbocycles. The summed E-state index contributed by atoms with van der Waals surface area (Å²) in [7, 11) is 3.41. The maximum atomic E-state index is 5.76. The van der Waals surface area contributed by atoms with Crippen molar-refractivity contribution in [1.29, 1.82) is 0 Å². The molecule has 2 rings (SSSR count). The molecule has 0 aliphatic heterocycles. The van der Waals surface area contributed by atoms with E-state index >= 15 is 0 Å². The number of anilines is 1. The first kappa shape index (κ1) is 14.3. The second-order valence-corrected chi connectivity index (χ2v) is 4.29. The van der Waals surface area contributed by atoms with E-state index in [2.05, 4.69) is 22.2 Å². The van der Waals surface area contributed by atoms with E-state index in [4.69, 9.17) is 9.47 Å². The van der Waals surface area contributed by atoms with Gasteiger partial charge < -0.3 is 14.8 Å². The van der Waals surface area contributed by atoms with E-state index in [0.29, 0.717) is 24.1 Å². The molecule has 0 unspecified atom stereocenters. The van der Waals surface area contributed by atoms with Crippen molar-refractivity contribution in [2.24, 2.45) is 0 Å². The Bertz CT molecular complexity index is 556. The summed E-state index contributed by atoms with van der Waals surface area (Å²) in [6, 6.07) is 9.73. The van der Waals surface area contributed by atoms with Crippen LogP contribution in [0.1, 0.15) is 18.3 Å². The van der Waals surface area contributed by atoms with E-state index in [-0.39, 0.29) is 0 Å². The predicted octanol–water partition coefficient (Wildman–Crippen LogP) is 3.02. The monoisotopic (exact) mass is 273 g/mol. The van der Waals surface area contributed by atoms with E-state index in [1.165, 1.54) is 5.56 Å². The Kier molecular flexibility index (Phi) is 4.90. The largest absolute Gasteiger partial charge is 0.439 e. The second-order valence-electron chi connectivity index (χ2n) is 4.29. The topological polar surface area (TPSA) is 56.3 Å². The summed E-state index contributed by atoms with van der Waals surface area (Å²) >= 11 is 0. The van der Waals surface area contributed by atoms with Crippen molar-refractivity contribution in [1.82, 2.24) is 9.97 Å². The van der Waals surface area contributed by atoms with Gasteiger partial charge in [0.05, 0.1) is 0 Å². The average Bonchev–Trinajstić information content (AvgIpc) is 2.48. The third kappa shape index (κ3) is 3.68. The first-order valence-electron chi connectivity index (χ1n) is 6.56. The van der Waals surface area contributed by atoms with Gasteiger partial charge in [0, 0.05) is 20.2 Å². The number of hydrogen-bond donors (Lipinski definition) is 1. The summed E-state index contributed by atoms with van der Waals surface area (Å²) in [5, 5.41) is 2.98. The summed E-state index contributed by atoms with van der Waals surface area (Å²) in [5.74, 6) is 2.54. The molecule has 1 N–H and O–H groups in total. The zero-order valence-corrected chi connectivity index (χ0v) is 12.0. The molecule has 5 heteroatoms. The number of methoxy groups -OCH3 is 1. The molecule has 0 spiro atoms. The molecule has 0 radical (unpaired) electrons. The van der Waals surface area contributed by atoms with Gasteiger partial charge in [0.25, 0.3) is 0 Å². The molecule has 106 valence electrons. The summed E-state index contributed by atoms with van der Waals surface area (Å²) < 4.78 is 10.8. The van der Waals surface area contributed by atoms with Crippen LogP contribution in [-0.4, -0.2) is 24.1 Å². The molecule has 0 saturated carbocycles. The van der Waals surface area contributed by atoms with Crippen molar-refractivity contribution in [2.75, 3.05) is 19.5 Å². The van der Waals surface area contributed by atoms with Crippen molar-refractivity contribution in [3.63, 3.8) is 0 Å². The minimum atomic E-state index is 0.348. The Hall–Kier alpha value is -2.14. The molecule has 2 aromatic rings. The Morgan fingerprint density at radius 3 is 2.50 bits per heavy atom. The highest BCUT2D eigenvalue weighted by molar-refractivity contribution is 5.39. The van der Waals surface area contributed by atoms with Gasteiger partial charge in [-0.15, -0.1) is 0 Å². The molecule has 0 fully saturated rings. The third-order valence-electron chi connectivity index (χ3n) is 2.83.